The van der Waals surface area contributed by atoms with Gasteiger partial charge in [-0.15, -0.1) is 0 Å². The Bertz CT molecular complexity index is 2330. The summed E-state index contributed by atoms with van der Waals surface area (Å²) in [6, 6.07) is 13.2. The van der Waals surface area contributed by atoms with Gasteiger partial charge in [0, 0.05) is 46.0 Å². The third kappa shape index (κ3) is 22.0. The fraction of sp³-hybridized carbons (Fsp3) is 0.596. The van der Waals surface area contributed by atoms with Gasteiger partial charge in [-0.2, -0.15) is 13.0 Å². The van der Waals surface area contributed by atoms with Crippen LogP contribution in [0.1, 0.15) is 65.0 Å². The number of carboxylic acids is 1. The molecular formula is C52H76NO19S+. The van der Waals surface area contributed by atoms with Gasteiger partial charge in [0.25, 0.3) is 10.1 Å². The Balaban J connectivity index is 1.86. The van der Waals surface area contributed by atoms with E-state index in [9.17, 15) is 22.9 Å². The Kier molecular flexibility index (Phi) is 28.4. The lowest BCUT2D eigenvalue weighted by atomic mass is 10.0. The zero-order chi connectivity index (χ0) is 52.9. The average molecular weight is 1050 g/mol. The van der Waals surface area contributed by atoms with Gasteiger partial charge in [0.15, 0.2) is 6.54 Å². The largest absolute Gasteiger partial charge is 0.486 e. The van der Waals surface area contributed by atoms with E-state index in [4.69, 9.17) is 61.6 Å². The van der Waals surface area contributed by atoms with E-state index in [2.05, 4.69) is 0 Å². The van der Waals surface area contributed by atoms with Gasteiger partial charge < -0.3 is 66.7 Å². The zero-order valence-electron chi connectivity index (χ0n) is 43.2. The number of benzene rings is 3. The smallest absolute Gasteiger partial charge is 0.345 e. The molecule has 0 aliphatic heterocycles. The Morgan fingerprint density at radius 2 is 0.973 bits per heavy atom. The number of methoxy groups -OCH3 is 2. The average Bonchev–Trinajstić information content (AvgIpc) is 3.35. The van der Waals surface area contributed by atoms with Crippen LogP contribution in [0.5, 0.6) is 17.2 Å². The number of aromatic nitrogens is 1. The minimum atomic E-state index is -4.33. The fourth-order valence-corrected chi connectivity index (χ4v) is 7.99. The molecule has 21 heteroatoms. The van der Waals surface area contributed by atoms with Crippen molar-refractivity contribution in [2.45, 2.75) is 65.7 Å². The molecule has 0 amide bonds. The van der Waals surface area contributed by atoms with Crippen LogP contribution in [0.4, 0.5) is 0 Å². The number of ether oxygens (including phenoxy) is 13. The van der Waals surface area contributed by atoms with Crippen LogP contribution in [0.2, 0.25) is 0 Å². The highest BCUT2D eigenvalue weighted by Gasteiger charge is 2.29. The van der Waals surface area contributed by atoms with Gasteiger partial charge in [0.2, 0.25) is 11.0 Å². The molecule has 3 aromatic carbocycles. The van der Waals surface area contributed by atoms with Crippen molar-refractivity contribution in [1.82, 2.24) is 0 Å². The number of aryl methyl sites for hydroxylation is 3. The number of nitrogens with zero attached hydrogens (tertiary/aromatic N) is 1. The van der Waals surface area contributed by atoms with Gasteiger partial charge in [-0.05, 0) is 74.2 Å². The summed E-state index contributed by atoms with van der Waals surface area (Å²) in [6.07, 6.45) is 0.511. The van der Waals surface area contributed by atoms with Crippen LogP contribution < -0.4 is 18.8 Å². The van der Waals surface area contributed by atoms with E-state index in [1.54, 1.807) is 64.5 Å². The molecular weight excluding hydrogens is 975 g/mol. The maximum Gasteiger partial charge on any atom is 0.345 e. The molecule has 0 atom stereocenters. The van der Waals surface area contributed by atoms with Crippen LogP contribution in [0.15, 0.2) is 48.5 Å². The molecule has 4 aromatic rings. The standard InChI is InChI=1S/C52H75NO19S/c1-7-15-62-21-25-66-34-43(35-67-26-22-63-16-8-2)70-41-10-12-47-45(32-41)49(52(56)72-50-38(3)30-40(51(54)55)31-39(50)4)46-33-42(11-13-48(46)53(47)14-9-29-73(57,58)59)71-44(36-68-27-23-64-19-17-60-5)37-69-28-24-65-20-18-61-6/h10-13,30-33,43-44H,7-9,14-29,34-37H2,1-6H3,(H-,54,55,57,58,59)/p+1. The summed E-state index contributed by atoms with van der Waals surface area (Å²) in [4.78, 5) is 27.0. The monoisotopic (exact) mass is 1050 g/mol. The molecule has 0 unspecified atom stereocenters. The first kappa shape index (κ1) is 60.9. The second-order valence-corrected chi connectivity index (χ2v) is 18.4. The predicted octanol–water partition coefficient (Wildman–Crippen LogP) is 5.83. The molecule has 20 nitrogen and oxygen atoms in total. The maximum atomic E-state index is 15.0. The van der Waals surface area contributed by atoms with Gasteiger partial charge >= 0.3 is 11.9 Å². The van der Waals surface area contributed by atoms with Crippen LogP contribution in [0, 0.1) is 13.8 Å². The van der Waals surface area contributed by atoms with Gasteiger partial charge in [-0.1, -0.05) is 13.8 Å². The third-order valence-electron chi connectivity index (χ3n) is 10.8. The van der Waals surface area contributed by atoms with E-state index >= 15 is 4.79 Å². The lowest BCUT2D eigenvalue weighted by Crippen LogP contribution is -2.37. The summed E-state index contributed by atoms with van der Waals surface area (Å²) in [7, 11) is -1.15. The molecule has 1 aromatic heterocycles. The van der Waals surface area contributed by atoms with Crippen molar-refractivity contribution in [1.29, 1.82) is 0 Å². The van der Waals surface area contributed by atoms with Crippen LogP contribution in [-0.4, -0.2) is 181 Å². The first-order valence-corrected chi connectivity index (χ1v) is 26.3. The second-order valence-electron chi connectivity index (χ2n) is 16.9. The summed E-state index contributed by atoms with van der Waals surface area (Å²) < 4.78 is 111. The number of rotatable bonds is 41. The Morgan fingerprint density at radius 3 is 1.36 bits per heavy atom. The van der Waals surface area contributed by atoms with E-state index in [-0.39, 0.29) is 69.5 Å². The number of fused-ring (bicyclic) bond motifs is 2. The predicted molar refractivity (Wildman–Crippen MR) is 270 cm³/mol. The van der Waals surface area contributed by atoms with E-state index in [1.165, 1.54) is 12.1 Å². The summed E-state index contributed by atoms with van der Waals surface area (Å²) in [5.41, 5.74) is 1.99. The highest BCUT2D eigenvalue weighted by molar-refractivity contribution is 7.85. The molecule has 4 rings (SSSR count). The molecule has 73 heavy (non-hydrogen) atoms. The Hall–Kier alpha value is -4.62. The summed E-state index contributed by atoms with van der Waals surface area (Å²) in [6.45, 7) is 13.5. The van der Waals surface area contributed by atoms with Crippen LogP contribution in [0.25, 0.3) is 21.8 Å². The fourth-order valence-electron chi connectivity index (χ4n) is 7.50. The lowest BCUT2D eigenvalue weighted by molar-refractivity contribution is -0.645. The van der Waals surface area contributed by atoms with Crippen molar-refractivity contribution in [3.05, 3.63) is 70.8 Å². The van der Waals surface area contributed by atoms with Crippen molar-refractivity contribution in [2.24, 2.45) is 0 Å². The number of carboxylic acid groups (broad SMARTS) is 1. The van der Waals surface area contributed by atoms with Crippen molar-refractivity contribution in [3.8, 4) is 17.2 Å². The molecule has 2 N–H and O–H groups in total. The molecule has 0 aliphatic rings. The highest BCUT2D eigenvalue weighted by Crippen LogP contribution is 2.34. The molecule has 408 valence electrons. The van der Waals surface area contributed by atoms with E-state index in [0.29, 0.717) is 124 Å². The summed E-state index contributed by atoms with van der Waals surface area (Å²) in [5.74, 6) is -1.58. The molecule has 0 saturated carbocycles. The molecule has 0 bridgehead atoms. The SMILES string of the molecule is CCCOCCOCC(COCCOCCC)Oc1ccc2c(c1)c(C(=O)Oc1c(C)cc(C(=O)O)cc1C)c1cc(OC(COCCOCCOC)COCCOCCOC)ccc1[n+]2CCCS(=O)(=O)O. The molecule has 1 heterocycles. The minimum absolute atomic E-state index is 0.0180. The van der Waals surface area contributed by atoms with Gasteiger partial charge in [0.1, 0.15) is 29.5 Å². The minimum Gasteiger partial charge on any atom is -0.486 e. The molecule has 0 radical (unpaired) electrons. The maximum absolute atomic E-state index is 15.0. The number of carbonyl (C=O) groups excluding carboxylic acids is 1. The normalized spacial score (nSPS) is 11.9. The first-order chi connectivity index (χ1) is 35.3. The number of esters is 1. The number of aromatic carboxylic acids is 1. The Labute approximate surface area is 429 Å². The van der Waals surface area contributed by atoms with Crippen molar-refractivity contribution >= 4 is 43.9 Å². The number of hydrogen-bond acceptors (Lipinski definition) is 17. The molecule has 0 spiro atoms. The van der Waals surface area contributed by atoms with Gasteiger partial charge in [0.05, 0.1) is 133 Å². The van der Waals surface area contributed by atoms with Crippen molar-refractivity contribution in [3.63, 3.8) is 0 Å². The quantitative estimate of drug-likeness (QED) is 0.0133. The summed E-state index contributed by atoms with van der Waals surface area (Å²) >= 11 is 0. The van der Waals surface area contributed by atoms with E-state index in [1.807, 2.05) is 18.4 Å². The molecule has 0 aliphatic carbocycles. The first-order valence-electron chi connectivity index (χ1n) is 24.7. The van der Waals surface area contributed by atoms with Gasteiger partial charge in [-0.3, -0.25) is 4.55 Å². The zero-order valence-corrected chi connectivity index (χ0v) is 44.0. The lowest BCUT2D eigenvalue weighted by Gasteiger charge is -2.21. The number of hydrogen-bond donors (Lipinski definition) is 2. The van der Waals surface area contributed by atoms with Crippen molar-refractivity contribution in [2.75, 3.05) is 139 Å². The third-order valence-corrected chi connectivity index (χ3v) is 11.6. The van der Waals surface area contributed by atoms with Gasteiger partial charge in [-0.25, -0.2) is 9.59 Å². The number of carbonyl (C=O) groups is 2. The van der Waals surface area contributed by atoms with E-state index < -0.39 is 40.0 Å². The van der Waals surface area contributed by atoms with Crippen molar-refractivity contribution < 1.29 is 93.8 Å². The number of pyridine rings is 1. The van der Waals surface area contributed by atoms with Crippen LogP contribution in [0.3, 0.4) is 0 Å². The summed E-state index contributed by atoms with van der Waals surface area (Å²) in [5, 5.41) is 10.5. The Morgan fingerprint density at radius 1 is 0.575 bits per heavy atom. The van der Waals surface area contributed by atoms with Crippen LogP contribution >= 0.6 is 0 Å². The topological polar surface area (TPSA) is 233 Å². The van der Waals surface area contributed by atoms with Crippen LogP contribution in [-0.2, 0) is 64.0 Å². The highest BCUT2D eigenvalue weighted by atomic mass is 32.2. The molecule has 0 saturated heterocycles. The van der Waals surface area contributed by atoms with E-state index in [0.717, 1.165) is 12.8 Å². The molecule has 0 fully saturated rings. The second kappa shape index (κ2) is 34.0.